The molecule has 0 spiro atoms. The Bertz CT molecular complexity index is 1640. The number of hydrogen-bond acceptors (Lipinski definition) is 5. The summed E-state index contributed by atoms with van der Waals surface area (Å²) in [6, 6.07) is 35.1. The van der Waals surface area contributed by atoms with Crippen molar-refractivity contribution in [3.8, 4) is 17.2 Å². The van der Waals surface area contributed by atoms with E-state index in [1.54, 1.807) is 24.6 Å². The molecular formula is C35H32N2O3. The van der Waals surface area contributed by atoms with E-state index in [0.29, 0.717) is 36.4 Å². The number of benzene rings is 5. The molecule has 5 rings (SSSR count). The first kappa shape index (κ1) is 26.7. The highest BCUT2D eigenvalue weighted by atomic mass is 16.5. The predicted molar refractivity (Wildman–Crippen MR) is 163 cm³/mol. The topological polar surface area (TPSA) is 74.4 Å². The van der Waals surface area contributed by atoms with Crippen molar-refractivity contribution >= 4 is 23.2 Å². The Morgan fingerprint density at radius 3 is 2.30 bits per heavy atom. The van der Waals surface area contributed by atoms with Crippen molar-refractivity contribution in [1.82, 2.24) is 0 Å². The van der Waals surface area contributed by atoms with Crippen molar-refractivity contribution < 1.29 is 14.9 Å². The van der Waals surface area contributed by atoms with Gasteiger partial charge in [0.05, 0.1) is 12.6 Å². The third kappa shape index (κ3) is 6.94. The number of ether oxygens (including phenoxy) is 1. The summed E-state index contributed by atoms with van der Waals surface area (Å²) in [4.78, 5) is 9.48. The maximum Gasteiger partial charge on any atom is 0.128 e. The highest BCUT2D eigenvalue weighted by Gasteiger charge is 2.11. The van der Waals surface area contributed by atoms with Gasteiger partial charge in [-0.15, -0.1) is 0 Å². The zero-order valence-electron chi connectivity index (χ0n) is 22.4. The minimum atomic E-state index is -0.178. The molecular weight excluding hydrogens is 496 g/mol. The van der Waals surface area contributed by atoms with E-state index < -0.39 is 0 Å². The molecule has 1 atom stereocenters. The number of fused-ring (bicyclic) bond motifs is 1. The number of nitrogens with zero attached hydrogens (tertiary/aromatic N) is 2. The fourth-order valence-electron chi connectivity index (χ4n) is 4.57. The molecule has 2 N–H and O–H groups in total. The summed E-state index contributed by atoms with van der Waals surface area (Å²) < 4.78 is 5.84. The molecule has 0 saturated carbocycles. The summed E-state index contributed by atoms with van der Waals surface area (Å²) in [6.45, 7) is 2.79. The van der Waals surface area contributed by atoms with Gasteiger partial charge in [0.25, 0.3) is 0 Å². The lowest BCUT2D eigenvalue weighted by molar-refractivity contribution is 0.304. The van der Waals surface area contributed by atoms with E-state index in [1.807, 2.05) is 73.7 Å². The summed E-state index contributed by atoms with van der Waals surface area (Å²) in [7, 11) is 0. The Morgan fingerprint density at radius 2 is 1.48 bits per heavy atom. The monoisotopic (exact) mass is 528 g/mol. The van der Waals surface area contributed by atoms with Crippen LogP contribution < -0.4 is 4.74 Å². The van der Waals surface area contributed by atoms with Gasteiger partial charge in [-0.2, -0.15) is 0 Å². The molecule has 40 heavy (non-hydrogen) atoms. The zero-order valence-corrected chi connectivity index (χ0v) is 22.4. The maximum atomic E-state index is 10.7. The first-order chi connectivity index (χ1) is 19.5. The SMILES string of the molecule is Cc1ccc(C=NCC(Cc2cccc3ccccc23)N=Cc2ccc(OCc3ccccc3)cc2O)c(O)c1. The van der Waals surface area contributed by atoms with Crippen LogP contribution in [-0.2, 0) is 13.0 Å². The molecule has 0 amide bonds. The minimum Gasteiger partial charge on any atom is -0.507 e. The van der Waals surface area contributed by atoms with E-state index in [9.17, 15) is 10.2 Å². The molecule has 0 radical (unpaired) electrons. The van der Waals surface area contributed by atoms with E-state index in [2.05, 4.69) is 35.3 Å². The molecule has 5 aromatic carbocycles. The second-order valence-corrected chi connectivity index (χ2v) is 9.83. The van der Waals surface area contributed by atoms with E-state index in [0.717, 1.165) is 11.1 Å². The largest absolute Gasteiger partial charge is 0.507 e. The number of phenols is 2. The zero-order chi connectivity index (χ0) is 27.7. The molecule has 0 saturated heterocycles. The maximum absolute atomic E-state index is 10.7. The number of aromatic hydroxyl groups is 2. The standard InChI is InChI=1S/C35H32N2O3/c1-25-14-15-29(34(38)18-25)21-36-23-31(19-28-12-7-11-27-10-5-6-13-33(27)28)37-22-30-16-17-32(20-35(30)39)40-24-26-8-3-2-4-9-26/h2-18,20-22,31,38-39H,19,23-24H2,1H3. The Kier molecular flexibility index (Phi) is 8.52. The third-order valence-corrected chi connectivity index (χ3v) is 6.74. The molecule has 0 aliphatic carbocycles. The van der Waals surface area contributed by atoms with Gasteiger partial charge in [0, 0.05) is 29.6 Å². The first-order valence-corrected chi connectivity index (χ1v) is 13.3. The summed E-state index contributed by atoms with van der Waals surface area (Å²) in [6.07, 6.45) is 4.07. The average molecular weight is 529 g/mol. The Balaban J connectivity index is 1.34. The van der Waals surface area contributed by atoms with Crippen LogP contribution in [0.2, 0.25) is 0 Å². The van der Waals surface area contributed by atoms with Crippen molar-refractivity contribution in [1.29, 1.82) is 0 Å². The van der Waals surface area contributed by atoms with E-state index >= 15 is 0 Å². The molecule has 5 heteroatoms. The lowest BCUT2D eigenvalue weighted by Crippen LogP contribution is -2.14. The highest BCUT2D eigenvalue weighted by Crippen LogP contribution is 2.25. The lowest BCUT2D eigenvalue weighted by Gasteiger charge is -2.13. The van der Waals surface area contributed by atoms with Gasteiger partial charge in [-0.3, -0.25) is 9.98 Å². The van der Waals surface area contributed by atoms with Crippen LogP contribution in [0, 0.1) is 6.92 Å². The summed E-state index contributed by atoms with van der Waals surface area (Å²) in [5.74, 6) is 0.900. The van der Waals surface area contributed by atoms with Crippen LogP contribution in [0.25, 0.3) is 10.8 Å². The Morgan fingerprint density at radius 1 is 0.750 bits per heavy atom. The third-order valence-electron chi connectivity index (χ3n) is 6.74. The molecule has 5 nitrogen and oxygen atoms in total. The number of hydrogen-bond donors (Lipinski definition) is 2. The fourth-order valence-corrected chi connectivity index (χ4v) is 4.57. The van der Waals surface area contributed by atoms with Crippen molar-refractivity contribution in [2.45, 2.75) is 26.0 Å². The van der Waals surface area contributed by atoms with Gasteiger partial charge in [-0.1, -0.05) is 78.9 Å². The fraction of sp³-hybridized carbons (Fsp3) is 0.143. The van der Waals surface area contributed by atoms with Crippen LogP contribution in [-0.4, -0.2) is 35.2 Å². The van der Waals surface area contributed by atoms with E-state index in [-0.39, 0.29) is 17.5 Å². The minimum absolute atomic E-state index is 0.103. The van der Waals surface area contributed by atoms with Crippen molar-refractivity contribution in [3.63, 3.8) is 0 Å². The number of aryl methyl sites for hydroxylation is 1. The smallest absolute Gasteiger partial charge is 0.128 e. The summed E-state index contributed by atoms with van der Waals surface area (Å²) >= 11 is 0. The van der Waals surface area contributed by atoms with Gasteiger partial charge in [-0.05, 0) is 65.1 Å². The van der Waals surface area contributed by atoms with Crippen molar-refractivity contribution in [2.24, 2.45) is 9.98 Å². The van der Waals surface area contributed by atoms with Crippen molar-refractivity contribution in [3.05, 3.63) is 137 Å². The van der Waals surface area contributed by atoms with Crippen LogP contribution in [0.1, 0.15) is 27.8 Å². The summed E-state index contributed by atoms with van der Waals surface area (Å²) in [5, 5.41) is 23.3. The van der Waals surface area contributed by atoms with Gasteiger partial charge >= 0.3 is 0 Å². The molecule has 1 unspecified atom stereocenters. The lowest BCUT2D eigenvalue weighted by atomic mass is 9.99. The van der Waals surface area contributed by atoms with Crippen LogP contribution >= 0.6 is 0 Å². The average Bonchev–Trinajstić information content (AvgIpc) is 2.97. The molecule has 0 fully saturated rings. The van der Waals surface area contributed by atoms with Crippen LogP contribution in [0.4, 0.5) is 0 Å². The second kappa shape index (κ2) is 12.8. The van der Waals surface area contributed by atoms with Gasteiger partial charge in [0.2, 0.25) is 0 Å². The number of rotatable bonds is 10. The van der Waals surface area contributed by atoms with Crippen LogP contribution in [0.5, 0.6) is 17.2 Å². The van der Waals surface area contributed by atoms with Gasteiger partial charge in [0.1, 0.15) is 23.9 Å². The van der Waals surface area contributed by atoms with E-state index in [4.69, 9.17) is 9.73 Å². The molecule has 0 bridgehead atoms. The predicted octanol–water partition coefficient (Wildman–Crippen LogP) is 7.29. The molecule has 200 valence electrons. The molecule has 0 heterocycles. The van der Waals surface area contributed by atoms with Gasteiger partial charge in [0.15, 0.2) is 0 Å². The van der Waals surface area contributed by atoms with E-state index in [1.165, 1.54) is 16.3 Å². The molecule has 0 aliphatic heterocycles. The van der Waals surface area contributed by atoms with Crippen LogP contribution in [0.15, 0.2) is 119 Å². The van der Waals surface area contributed by atoms with Gasteiger partial charge in [-0.25, -0.2) is 0 Å². The number of phenolic OH excluding ortho intramolecular Hbond substituents is 2. The highest BCUT2D eigenvalue weighted by molar-refractivity contribution is 5.86. The van der Waals surface area contributed by atoms with Crippen LogP contribution in [0.3, 0.4) is 0 Å². The quantitative estimate of drug-likeness (QED) is 0.187. The Hall–Kier alpha value is -4.90. The molecule has 0 aromatic heterocycles. The Labute approximate surface area is 234 Å². The molecule has 5 aromatic rings. The number of aliphatic imine (C=N–C) groups is 2. The molecule has 0 aliphatic rings. The normalized spacial score (nSPS) is 12.3. The first-order valence-electron chi connectivity index (χ1n) is 13.3. The second-order valence-electron chi connectivity index (χ2n) is 9.83. The summed E-state index contributed by atoms with van der Waals surface area (Å²) in [5.41, 5.74) is 4.51. The van der Waals surface area contributed by atoms with Gasteiger partial charge < -0.3 is 14.9 Å². The van der Waals surface area contributed by atoms with Crippen molar-refractivity contribution in [2.75, 3.05) is 6.54 Å².